The summed E-state index contributed by atoms with van der Waals surface area (Å²) in [5, 5.41) is 0. The lowest BCUT2D eigenvalue weighted by atomic mass is 10.1. The zero-order valence-corrected chi connectivity index (χ0v) is 9.32. The molecule has 3 heteroatoms. The third-order valence-electron chi connectivity index (χ3n) is 2.63. The van der Waals surface area contributed by atoms with Gasteiger partial charge in [0, 0.05) is 13.1 Å². The van der Waals surface area contributed by atoms with Crippen molar-refractivity contribution in [3.63, 3.8) is 0 Å². The number of hydrogen-bond donors (Lipinski definition) is 0. The van der Waals surface area contributed by atoms with Crippen LogP contribution >= 0.6 is 0 Å². The van der Waals surface area contributed by atoms with Gasteiger partial charge >= 0.3 is 5.97 Å². The Labute approximate surface area is 91.4 Å². The Balaban J connectivity index is 2.68. The molecule has 3 nitrogen and oxygen atoms in total. The van der Waals surface area contributed by atoms with E-state index in [0.29, 0.717) is 19.0 Å². The molecule has 1 saturated carbocycles. The minimum atomic E-state index is -0.138. The minimum Gasteiger partial charge on any atom is -0.468 e. The molecule has 0 saturated heterocycles. The van der Waals surface area contributed by atoms with Crippen molar-refractivity contribution >= 4 is 5.97 Å². The lowest BCUT2D eigenvalue weighted by molar-refractivity contribution is -0.147. The molecule has 0 amide bonds. The Morgan fingerprint density at radius 1 is 1.47 bits per heavy atom. The van der Waals surface area contributed by atoms with Gasteiger partial charge in [-0.15, -0.1) is 13.2 Å². The van der Waals surface area contributed by atoms with Gasteiger partial charge in [0.05, 0.1) is 7.11 Å². The number of nitrogens with zero attached hydrogens (tertiary/aromatic N) is 1. The van der Waals surface area contributed by atoms with E-state index >= 15 is 0 Å². The van der Waals surface area contributed by atoms with Gasteiger partial charge in [-0.3, -0.25) is 9.69 Å². The third-order valence-corrected chi connectivity index (χ3v) is 2.63. The molecule has 1 aliphatic carbocycles. The summed E-state index contributed by atoms with van der Waals surface area (Å²) in [6.45, 7) is 8.80. The van der Waals surface area contributed by atoms with E-state index in [2.05, 4.69) is 18.1 Å². The van der Waals surface area contributed by atoms with Crippen molar-refractivity contribution in [1.82, 2.24) is 4.90 Å². The number of hydrogen-bond acceptors (Lipinski definition) is 3. The van der Waals surface area contributed by atoms with Crippen LogP contribution in [0.1, 0.15) is 12.8 Å². The average Bonchev–Trinajstić information content (AvgIpc) is 3.03. The van der Waals surface area contributed by atoms with Crippen LogP contribution in [0.3, 0.4) is 0 Å². The largest absolute Gasteiger partial charge is 0.468 e. The number of carbonyl (C=O) groups excluding carboxylic acids is 1. The molecule has 0 aromatic rings. The third kappa shape index (κ3) is 3.20. The second-order valence-electron chi connectivity index (χ2n) is 3.84. The Kier molecular flexibility index (Phi) is 4.56. The molecule has 1 aliphatic rings. The smallest absolute Gasteiger partial charge is 0.323 e. The summed E-state index contributed by atoms with van der Waals surface area (Å²) in [7, 11) is 1.44. The summed E-state index contributed by atoms with van der Waals surface area (Å²) in [6, 6.07) is -0.119. The Bertz CT molecular complexity index is 236. The fourth-order valence-electron chi connectivity index (χ4n) is 1.81. The predicted molar refractivity (Wildman–Crippen MR) is 60.5 cm³/mol. The molecular weight excluding hydrogens is 190 g/mol. The van der Waals surface area contributed by atoms with Crippen molar-refractivity contribution in [3.05, 3.63) is 25.3 Å². The van der Waals surface area contributed by atoms with Crippen molar-refractivity contribution in [1.29, 1.82) is 0 Å². The highest BCUT2D eigenvalue weighted by Crippen LogP contribution is 2.35. The van der Waals surface area contributed by atoms with E-state index in [4.69, 9.17) is 4.74 Å². The van der Waals surface area contributed by atoms with E-state index in [-0.39, 0.29) is 12.0 Å². The van der Waals surface area contributed by atoms with Gasteiger partial charge in [-0.05, 0) is 18.8 Å². The monoisotopic (exact) mass is 209 g/mol. The molecule has 0 aliphatic heterocycles. The first-order valence-electron chi connectivity index (χ1n) is 5.28. The zero-order chi connectivity index (χ0) is 11.3. The highest BCUT2D eigenvalue weighted by Gasteiger charge is 2.40. The second-order valence-corrected chi connectivity index (χ2v) is 3.84. The standard InChI is InChI=1S/C12H19NO2/c1-4-8-13(9-5-2)11(10-6-7-10)12(14)15-3/h4-5,10-11H,1-2,6-9H2,3H3. The summed E-state index contributed by atoms with van der Waals surface area (Å²) in [5.74, 6) is 0.318. The maximum absolute atomic E-state index is 11.7. The quantitative estimate of drug-likeness (QED) is 0.471. The predicted octanol–water partition coefficient (Wildman–Crippen LogP) is 1.61. The van der Waals surface area contributed by atoms with Crippen molar-refractivity contribution < 1.29 is 9.53 Å². The van der Waals surface area contributed by atoms with E-state index in [1.807, 2.05) is 12.2 Å². The summed E-state index contributed by atoms with van der Waals surface area (Å²) in [6.07, 6.45) is 5.85. The molecule has 1 unspecified atom stereocenters. The summed E-state index contributed by atoms with van der Waals surface area (Å²) < 4.78 is 4.84. The van der Waals surface area contributed by atoms with E-state index in [9.17, 15) is 4.79 Å². The van der Waals surface area contributed by atoms with Crippen molar-refractivity contribution in [2.75, 3.05) is 20.2 Å². The highest BCUT2D eigenvalue weighted by molar-refractivity contribution is 5.76. The van der Waals surface area contributed by atoms with Gasteiger partial charge in [0.15, 0.2) is 0 Å². The van der Waals surface area contributed by atoms with Crippen LogP contribution in [0.25, 0.3) is 0 Å². The molecular formula is C12H19NO2. The molecule has 0 radical (unpaired) electrons. The maximum Gasteiger partial charge on any atom is 0.323 e. The molecule has 1 rings (SSSR count). The van der Waals surface area contributed by atoms with Crippen LogP contribution in [0.2, 0.25) is 0 Å². The molecule has 0 aromatic heterocycles. The van der Waals surface area contributed by atoms with Gasteiger partial charge in [0.25, 0.3) is 0 Å². The average molecular weight is 209 g/mol. The maximum atomic E-state index is 11.7. The first-order chi connectivity index (χ1) is 7.24. The normalized spacial score (nSPS) is 17.2. The molecule has 84 valence electrons. The summed E-state index contributed by atoms with van der Waals surface area (Å²) in [5.41, 5.74) is 0. The lowest BCUT2D eigenvalue weighted by Crippen LogP contribution is -2.43. The SMILES string of the molecule is C=CCN(CC=C)C(C(=O)OC)C1CC1. The Morgan fingerprint density at radius 3 is 2.33 bits per heavy atom. The van der Waals surface area contributed by atoms with E-state index in [1.54, 1.807) is 0 Å². The van der Waals surface area contributed by atoms with E-state index in [0.717, 1.165) is 12.8 Å². The van der Waals surface area contributed by atoms with Crippen LogP contribution in [0.4, 0.5) is 0 Å². The fourth-order valence-corrected chi connectivity index (χ4v) is 1.81. The Morgan fingerprint density at radius 2 is 2.00 bits per heavy atom. The minimum absolute atomic E-state index is 0.119. The van der Waals surface area contributed by atoms with Gasteiger partial charge in [-0.2, -0.15) is 0 Å². The topological polar surface area (TPSA) is 29.5 Å². The number of rotatable bonds is 7. The van der Waals surface area contributed by atoms with Crippen molar-refractivity contribution in [3.8, 4) is 0 Å². The number of esters is 1. The zero-order valence-electron chi connectivity index (χ0n) is 9.32. The van der Waals surface area contributed by atoms with Crippen LogP contribution < -0.4 is 0 Å². The van der Waals surface area contributed by atoms with Crippen molar-refractivity contribution in [2.24, 2.45) is 5.92 Å². The number of methoxy groups -OCH3 is 1. The summed E-state index contributed by atoms with van der Waals surface area (Å²) in [4.78, 5) is 13.7. The van der Waals surface area contributed by atoms with E-state index < -0.39 is 0 Å². The first-order valence-corrected chi connectivity index (χ1v) is 5.28. The van der Waals surface area contributed by atoms with Gasteiger partial charge in [0.2, 0.25) is 0 Å². The molecule has 0 aromatic carbocycles. The molecule has 0 bridgehead atoms. The molecule has 0 heterocycles. The van der Waals surface area contributed by atoms with Crippen LogP contribution in [0.15, 0.2) is 25.3 Å². The summed E-state index contributed by atoms with van der Waals surface area (Å²) >= 11 is 0. The van der Waals surface area contributed by atoms with E-state index in [1.165, 1.54) is 7.11 Å². The van der Waals surface area contributed by atoms with Crippen LogP contribution in [-0.4, -0.2) is 37.1 Å². The highest BCUT2D eigenvalue weighted by atomic mass is 16.5. The molecule has 0 spiro atoms. The van der Waals surface area contributed by atoms with Crippen molar-refractivity contribution in [2.45, 2.75) is 18.9 Å². The first kappa shape index (κ1) is 12.0. The molecule has 0 N–H and O–H groups in total. The molecule has 15 heavy (non-hydrogen) atoms. The van der Waals surface area contributed by atoms with Crippen LogP contribution in [0, 0.1) is 5.92 Å². The number of ether oxygens (including phenoxy) is 1. The van der Waals surface area contributed by atoms with Crippen LogP contribution in [-0.2, 0) is 9.53 Å². The van der Waals surface area contributed by atoms with Gasteiger partial charge in [0.1, 0.15) is 6.04 Å². The molecule has 1 fully saturated rings. The van der Waals surface area contributed by atoms with Gasteiger partial charge in [-0.1, -0.05) is 12.2 Å². The number of carbonyl (C=O) groups is 1. The lowest BCUT2D eigenvalue weighted by Gasteiger charge is -2.27. The fraction of sp³-hybridized carbons (Fsp3) is 0.583. The second kappa shape index (κ2) is 5.71. The van der Waals surface area contributed by atoms with Crippen LogP contribution in [0.5, 0.6) is 0 Å². The van der Waals surface area contributed by atoms with Gasteiger partial charge < -0.3 is 4.74 Å². The Hall–Kier alpha value is -1.09. The molecule has 1 atom stereocenters. The van der Waals surface area contributed by atoms with Gasteiger partial charge in [-0.25, -0.2) is 0 Å².